The van der Waals surface area contributed by atoms with Gasteiger partial charge in [-0.3, -0.25) is 9.69 Å². The van der Waals surface area contributed by atoms with E-state index < -0.39 is 0 Å². The van der Waals surface area contributed by atoms with Crippen molar-refractivity contribution in [3.8, 4) is 6.07 Å². The zero-order chi connectivity index (χ0) is 14.5. The summed E-state index contributed by atoms with van der Waals surface area (Å²) in [7, 11) is 0. The second-order valence-corrected chi connectivity index (χ2v) is 5.04. The number of nitriles is 1. The fraction of sp³-hybridized carbons (Fsp3) is 0.294. The minimum atomic E-state index is 0.121. The minimum absolute atomic E-state index is 0.121. The highest BCUT2D eigenvalue weighted by atomic mass is 16.1. The van der Waals surface area contributed by atoms with Crippen LogP contribution < -0.4 is 0 Å². The number of hydrogen-bond acceptors (Lipinski definition) is 3. The van der Waals surface area contributed by atoms with Crippen molar-refractivity contribution in [2.75, 3.05) is 13.1 Å². The maximum atomic E-state index is 11.7. The number of rotatable bonds is 4. The van der Waals surface area contributed by atoms with Crippen LogP contribution in [0.1, 0.15) is 24.5 Å². The lowest BCUT2D eigenvalue weighted by atomic mass is 9.97. The van der Waals surface area contributed by atoms with Crippen LogP contribution in [0.5, 0.6) is 0 Å². The third-order valence-corrected chi connectivity index (χ3v) is 3.60. The summed E-state index contributed by atoms with van der Waals surface area (Å²) in [5.74, 6) is 0.121. The molecule has 0 aromatic heterocycles. The van der Waals surface area contributed by atoms with Crippen molar-refractivity contribution in [2.24, 2.45) is 0 Å². The summed E-state index contributed by atoms with van der Waals surface area (Å²) in [4.78, 5) is 13.9. The van der Waals surface area contributed by atoms with Gasteiger partial charge in [0.1, 0.15) is 0 Å². The summed E-state index contributed by atoms with van der Waals surface area (Å²) in [6, 6.07) is 9.77. The Balaban J connectivity index is 2.13. The SMILES string of the molecule is C=CC1=C(C(C)=O)CN(Cc2cccc(C#N)c2)CC1. The maximum Gasteiger partial charge on any atom is 0.157 e. The van der Waals surface area contributed by atoms with Gasteiger partial charge >= 0.3 is 0 Å². The molecule has 102 valence electrons. The predicted molar refractivity (Wildman–Crippen MR) is 79.0 cm³/mol. The second-order valence-electron chi connectivity index (χ2n) is 5.04. The van der Waals surface area contributed by atoms with Crippen LogP contribution in [0.2, 0.25) is 0 Å². The molecule has 3 nitrogen and oxygen atoms in total. The number of ketones is 1. The van der Waals surface area contributed by atoms with E-state index in [1.54, 1.807) is 19.1 Å². The number of Topliss-reactive ketones (excluding diaryl/α,β-unsaturated/α-hetero) is 1. The summed E-state index contributed by atoms with van der Waals surface area (Å²) < 4.78 is 0. The lowest BCUT2D eigenvalue weighted by Crippen LogP contribution is -2.33. The lowest BCUT2D eigenvalue weighted by molar-refractivity contribution is -0.114. The molecule has 20 heavy (non-hydrogen) atoms. The fourth-order valence-electron chi connectivity index (χ4n) is 2.53. The smallest absolute Gasteiger partial charge is 0.157 e. The van der Waals surface area contributed by atoms with Crippen LogP contribution in [0.25, 0.3) is 0 Å². The van der Waals surface area contributed by atoms with Crippen molar-refractivity contribution >= 4 is 5.78 Å². The number of nitrogens with zero attached hydrogens (tertiary/aromatic N) is 2. The molecule has 0 aliphatic carbocycles. The van der Waals surface area contributed by atoms with E-state index in [1.807, 2.05) is 18.2 Å². The van der Waals surface area contributed by atoms with Crippen LogP contribution in [-0.4, -0.2) is 23.8 Å². The van der Waals surface area contributed by atoms with E-state index in [2.05, 4.69) is 17.5 Å². The van der Waals surface area contributed by atoms with Gasteiger partial charge in [-0.2, -0.15) is 5.26 Å². The van der Waals surface area contributed by atoms with E-state index in [9.17, 15) is 4.79 Å². The largest absolute Gasteiger partial charge is 0.295 e. The predicted octanol–water partition coefficient (Wildman–Crippen LogP) is 2.84. The van der Waals surface area contributed by atoms with E-state index in [1.165, 1.54) is 0 Å². The van der Waals surface area contributed by atoms with Crippen molar-refractivity contribution in [1.82, 2.24) is 4.90 Å². The highest BCUT2D eigenvalue weighted by Gasteiger charge is 2.20. The van der Waals surface area contributed by atoms with Gasteiger partial charge in [-0.25, -0.2) is 0 Å². The summed E-state index contributed by atoms with van der Waals surface area (Å²) in [5.41, 5.74) is 3.71. The Morgan fingerprint density at radius 3 is 3.00 bits per heavy atom. The molecule has 1 aliphatic rings. The average molecular weight is 266 g/mol. The van der Waals surface area contributed by atoms with Gasteiger partial charge in [0.25, 0.3) is 0 Å². The van der Waals surface area contributed by atoms with Gasteiger partial charge < -0.3 is 0 Å². The van der Waals surface area contributed by atoms with E-state index >= 15 is 0 Å². The minimum Gasteiger partial charge on any atom is -0.295 e. The average Bonchev–Trinajstić information content (AvgIpc) is 2.47. The lowest BCUT2D eigenvalue weighted by Gasteiger charge is -2.29. The van der Waals surface area contributed by atoms with Gasteiger partial charge in [-0.15, -0.1) is 0 Å². The molecule has 0 atom stereocenters. The third-order valence-electron chi connectivity index (χ3n) is 3.60. The highest BCUT2D eigenvalue weighted by molar-refractivity contribution is 5.95. The first-order chi connectivity index (χ1) is 9.63. The number of carbonyl (C=O) groups is 1. The maximum absolute atomic E-state index is 11.7. The molecule has 0 saturated heterocycles. The molecule has 0 radical (unpaired) electrons. The van der Waals surface area contributed by atoms with E-state index in [4.69, 9.17) is 5.26 Å². The van der Waals surface area contributed by atoms with Crippen molar-refractivity contribution in [2.45, 2.75) is 19.9 Å². The van der Waals surface area contributed by atoms with Gasteiger partial charge in [0.15, 0.2) is 5.78 Å². The van der Waals surface area contributed by atoms with E-state index in [0.29, 0.717) is 12.1 Å². The second kappa shape index (κ2) is 6.31. The summed E-state index contributed by atoms with van der Waals surface area (Å²) in [6.07, 6.45) is 2.65. The first kappa shape index (κ1) is 14.2. The van der Waals surface area contributed by atoms with Crippen molar-refractivity contribution in [3.05, 3.63) is 59.2 Å². The van der Waals surface area contributed by atoms with Crippen LogP contribution in [0.3, 0.4) is 0 Å². The van der Waals surface area contributed by atoms with Crippen LogP contribution >= 0.6 is 0 Å². The van der Waals surface area contributed by atoms with Crippen LogP contribution in [-0.2, 0) is 11.3 Å². The van der Waals surface area contributed by atoms with Gasteiger partial charge in [-0.1, -0.05) is 24.8 Å². The van der Waals surface area contributed by atoms with E-state index in [0.717, 1.165) is 36.2 Å². The Kier molecular flexibility index (Phi) is 4.49. The quantitative estimate of drug-likeness (QED) is 0.841. The molecule has 0 fully saturated rings. The first-order valence-electron chi connectivity index (χ1n) is 6.71. The van der Waals surface area contributed by atoms with Crippen molar-refractivity contribution in [3.63, 3.8) is 0 Å². The Labute approximate surface area is 119 Å². The van der Waals surface area contributed by atoms with Gasteiger partial charge in [0.05, 0.1) is 11.6 Å². The number of benzene rings is 1. The molecule has 0 bridgehead atoms. The monoisotopic (exact) mass is 266 g/mol. The number of carbonyl (C=O) groups excluding carboxylic acids is 1. The third kappa shape index (κ3) is 3.23. The van der Waals surface area contributed by atoms with Crippen LogP contribution in [0.4, 0.5) is 0 Å². The molecule has 1 aliphatic heterocycles. The number of allylic oxidation sites excluding steroid dienone is 1. The molecular formula is C17H18N2O. The van der Waals surface area contributed by atoms with Crippen molar-refractivity contribution < 1.29 is 4.79 Å². The molecule has 0 amide bonds. The van der Waals surface area contributed by atoms with Crippen molar-refractivity contribution in [1.29, 1.82) is 5.26 Å². The topological polar surface area (TPSA) is 44.1 Å². The molecule has 3 heteroatoms. The first-order valence-corrected chi connectivity index (χ1v) is 6.71. The molecule has 0 spiro atoms. The Bertz CT molecular complexity index is 608. The van der Waals surface area contributed by atoms with Gasteiger partial charge in [0, 0.05) is 25.2 Å². The normalized spacial score (nSPS) is 15.8. The summed E-state index contributed by atoms with van der Waals surface area (Å²) in [5, 5.41) is 8.92. The molecule has 0 N–H and O–H groups in total. The van der Waals surface area contributed by atoms with Gasteiger partial charge in [-0.05, 0) is 36.6 Å². The van der Waals surface area contributed by atoms with Crippen LogP contribution in [0.15, 0.2) is 48.1 Å². The number of hydrogen-bond donors (Lipinski definition) is 0. The Hall–Kier alpha value is -2.18. The molecule has 0 unspecified atom stereocenters. The van der Waals surface area contributed by atoms with Gasteiger partial charge in [0.2, 0.25) is 0 Å². The Morgan fingerprint density at radius 1 is 1.55 bits per heavy atom. The molecule has 1 aromatic carbocycles. The standard InChI is InChI=1S/C17H18N2O/c1-3-16-7-8-19(12-17(16)13(2)20)11-15-6-4-5-14(9-15)10-18/h3-6,9H,1,7-8,11-12H2,2H3. The zero-order valence-electron chi connectivity index (χ0n) is 11.7. The summed E-state index contributed by atoms with van der Waals surface area (Å²) >= 11 is 0. The highest BCUT2D eigenvalue weighted by Crippen LogP contribution is 2.21. The molecular weight excluding hydrogens is 248 g/mol. The van der Waals surface area contributed by atoms with Crippen LogP contribution in [0, 0.1) is 11.3 Å². The molecule has 1 aromatic rings. The Morgan fingerprint density at radius 2 is 2.35 bits per heavy atom. The molecule has 1 heterocycles. The molecule has 0 saturated carbocycles. The zero-order valence-corrected chi connectivity index (χ0v) is 11.7. The molecule has 2 rings (SSSR count). The summed E-state index contributed by atoms with van der Waals surface area (Å²) in [6.45, 7) is 7.73. The fourth-order valence-corrected chi connectivity index (χ4v) is 2.53. The van der Waals surface area contributed by atoms with E-state index in [-0.39, 0.29) is 5.78 Å².